The topological polar surface area (TPSA) is 70.1 Å². The van der Waals surface area contributed by atoms with E-state index < -0.39 is 0 Å². The summed E-state index contributed by atoms with van der Waals surface area (Å²) >= 11 is 0. The Labute approximate surface area is 166 Å². The van der Waals surface area contributed by atoms with Crippen LogP contribution in [-0.2, 0) is 4.79 Å². The molecule has 3 aromatic carbocycles. The Morgan fingerprint density at radius 3 is 2.17 bits per heavy atom. The van der Waals surface area contributed by atoms with Crippen LogP contribution < -0.4 is 4.90 Å². The third kappa shape index (κ3) is 2.50. The van der Waals surface area contributed by atoms with Crippen molar-refractivity contribution >= 4 is 40.5 Å². The first kappa shape index (κ1) is 17.1. The summed E-state index contributed by atoms with van der Waals surface area (Å²) in [4.78, 5) is 44.9. The molecule has 2 aliphatic rings. The highest BCUT2D eigenvalue weighted by atomic mass is 16.2. The van der Waals surface area contributed by atoms with Gasteiger partial charge in [0.05, 0.1) is 22.5 Å². The Bertz CT molecular complexity index is 1230. The minimum Gasteiger partial charge on any atom is -0.277 e. The second kappa shape index (κ2) is 6.24. The van der Waals surface area contributed by atoms with Gasteiger partial charge in [0.1, 0.15) is 5.71 Å². The number of nitrogens with zero attached hydrogens (tertiary/aromatic N) is 3. The predicted molar refractivity (Wildman–Crippen MR) is 109 cm³/mol. The van der Waals surface area contributed by atoms with E-state index in [9.17, 15) is 14.4 Å². The molecule has 0 saturated carbocycles. The highest BCUT2D eigenvalue weighted by Gasteiger charge is 2.36. The second-order valence-corrected chi connectivity index (χ2v) is 6.85. The maximum absolute atomic E-state index is 13.2. The van der Waals surface area contributed by atoms with E-state index in [1.807, 2.05) is 54.6 Å². The van der Waals surface area contributed by atoms with Crippen molar-refractivity contribution in [2.75, 3.05) is 11.9 Å². The second-order valence-electron chi connectivity index (χ2n) is 6.85. The molecule has 0 aliphatic carbocycles. The van der Waals surface area contributed by atoms with Gasteiger partial charge in [0.25, 0.3) is 17.7 Å². The molecule has 5 rings (SSSR count). The lowest BCUT2D eigenvalue weighted by atomic mass is 10.1. The molecule has 6 nitrogen and oxygen atoms in total. The fourth-order valence-corrected chi connectivity index (χ4v) is 3.69. The van der Waals surface area contributed by atoms with Crippen LogP contribution in [0.25, 0.3) is 0 Å². The van der Waals surface area contributed by atoms with Crippen LogP contribution in [0, 0.1) is 0 Å². The van der Waals surface area contributed by atoms with Crippen LogP contribution in [0.1, 0.15) is 26.3 Å². The average molecular weight is 381 g/mol. The zero-order chi connectivity index (χ0) is 20.1. The summed E-state index contributed by atoms with van der Waals surface area (Å²) in [5, 5.41) is 0. The summed E-state index contributed by atoms with van der Waals surface area (Å²) in [6.07, 6.45) is 0. The van der Waals surface area contributed by atoms with Gasteiger partial charge in [-0.25, -0.2) is 4.99 Å². The van der Waals surface area contributed by atoms with E-state index in [0.29, 0.717) is 22.5 Å². The van der Waals surface area contributed by atoms with E-state index in [2.05, 4.69) is 4.99 Å². The molecule has 3 amide bonds. The summed E-state index contributed by atoms with van der Waals surface area (Å²) in [7, 11) is 1.45. The van der Waals surface area contributed by atoms with Gasteiger partial charge in [0, 0.05) is 18.3 Å². The molecular formula is C23H15N3O3. The Balaban J connectivity index is 1.62. The standard InChI is InChI=1S/C23H15N3O3/c1-25-21(27)16-12-11-14(13-18(16)22(25)28)24-20-17-9-5-6-10-19(17)26(23(20)29)15-7-3-2-4-8-15/h2-13H,1H3/b24-20+. The molecule has 2 aliphatic heterocycles. The number of carbonyl (C=O) groups is 3. The highest BCUT2D eigenvalue weighted by Crippen LogP contribution is 2.36. The predicted octanol–water partition coefficient (Wildman–Crippen LogP) is 3.71. The van der Waals surface area contributed by atoms with Crippen molar-refractivity contribution in [3.05, 3.63) is 89.5 Å². The number of carbonyl (C=O) groups excluding carboxylic acids is 3. The van der Waals surface area contributed by atoms with E-state index in [0.717, 1.165) is 21.8 Å². The Morgan fingerprint density at radius 2 is 1.38 bits per heavy atom. The molecule has 0 N–H and O–H groups in total. The quantitative estimate of drug-likeness (QED) is 0.636. The van der Waals surface area contributed by atoms with Gasteiger partial charge < -0.3 is 0 Å². The molecule has 0 aromatic heterocycles. The number of hydrogen-bond donors (Lipinski definition) is 0. The van der Waals surface area contributed by atoms with Crippen molar-refractivity contribution in [3.63, 3.8) is 0 Å². The van der Waals surface area contributed by atoms with Gasteiger partial charge in [-0.3, -0.25) is 24.2 Å². The summed E-state index contributed by atoms with van der Waals surface area (Å²) in [6.45, 7) is 0. The third-order valence-corrected chi connectivity index (χ3v) is 5.13. The number of benzene rings is 3. The van der Waals surface area contributed by atoms with E-state index in [1.165, 1.54) is 7.05 Å². The zero-order valence-corrected chi connectivity index (χ0v) is 15.5. The number of rotatable bonds is 2. The van der Waals surface area contributed by atoms with Crippen molar-refractivity contribution in [1.82, 2.24) is 4.90 Å². The number of aliphatic imine (C=N–C) groups is 1. The summed E-state index contributed by atoms with van der Waals surface area (Å²) in [5.74, 6) is -0.935. The Morgan fingerprint density at radius 1 is 0.690 bits per heavy atom. The summed E-state index contributed by atoms with van der Waals surface area (Å²) in [5.41, 5.74) is 3.65. The molecule has 3 aromatic rings. The lowest BCUT2D eigenvalue weighted by molar-refractivity contribution is -0.111. The first-order valence-electron chi connectivity index (χ1n) is 9.10. The smallest absolute Gasteiger partial charge is 0.277 e. The monoisotopic (exact) mass is 381 g/mol. The number of amides is 3. The third-order valence-electron chi connectivity index (χ3n) is 5.13. The van der Waals surface area contributed by atoms with Gasteiger partial charge in [-0.1, -0.05) is 36.4 Å². The molecule has 6 heteroatoms. The number of imide groups is 1. The lowest BCUT2D eigenvalue weighted by Crippen LogP contribution is -2.25. The van der Waals surface area contributed by atoms with Crippen LogP contribution in [-0.4, -0.2) is 35.4 Å². The van der Waals surface area contributed by atoms with Crippen LogP contribution in [0.2, 0.25) is 0 Å². The van der Waals surface area contributed by atoms with Crippen LogP contribution in [0.5, 0.6) is 0 Å². The van der Waals surface area contributed by atoms with Crippen LogP contribution >= 0.6 is 0 Å². The molecule has 0 spiro atoms. The molecule has 29 heavy (non-hydrogen) atoms. The summed E-state index contributed by atoms with van der Waals surface area (Å²) < 4.78 is 0. The Kier molecular flexibility index (Phi) is 3.67. The largest absolute Gasteiger partial charge is 0.282 e. The first-order chi connectivity index (χ1) is 14.1. The lowest BCUT2D eigenvalue weighted by Gasteiger charge is -2.16. The van der Waals surface area contributed by atoms with Crippen LogP contribution in [0.3, 0.4) is 0 Å². The average Bonchev–Trinajstić information content (AvgIpc) is 3.15. The van der Waals surface area contributed by atoms with E-state index in [-0.39, 0.29) is 17.7 Å². The zero-order valence-electron chi connectivity index (χ0n) is 15.5. The van der Waals surface area contributed by atoms with E-state index in [4.69, 9.17) is 0 Å². The summed E-state index contributed by atoms with van der Waals surface area (Å²) in [6, 6.07) is 21.6. The van der Waals surface area contributed by atoms with E-state index >= 15 is 0 Å². The fourth-order valence-electron chi connectivity index (χ4n) is 3.69. The fraction of sp³-hybridized carbons (Fsp3) is 0.0435. The maximum atomic E-state index is 13.2. The van der Waals surface area contributed by atoms with Gasteiger partial charge in [0.15, 0.2) is 0 Å². The van der Waals surface area contributed by atoms with Crippen molar-refractivity contribution in [2.45, 2.75) is 0 Å². The number of fused-ring (bicyclic) bond motifs is 2. The first-order valence-corrected chi connectivity index (χ1v) is 9.10. The number of hydrogen-bond acceptors (Lipinski definition) is 4. The molecule has 0 atom stereocenters. The van der Waals surface area contributed by atoms with Crippen LogP contribution in [0.15, 0.2) is 77.8 Å². The number of anilines is 2. The van der Waals surface area contributed by atoms with Crippen molar-refractivity contribution in [1.29, 1.82) is 0 Å². The molecule has 0 radical (unpaired) electrons. The molecule has 2 heterocycles. The van der Waals surface area contributed by atoms with Gasteiger partial charge in [-0.2, -0.15) is 0 Å². The highest BCUT2D eigenvalue weighted by molar-refractivity contribution is 6.56. The number of para-hydroxylation sites is 2. The molecule has 140 valence electrons. The van der Waals surface area contributed by atoms with Crippen LogP contribution in [0.4, 0.5) is 17.1 Å². The van der Waals surface area contributed by atoms with E-state index in [1.54, 1.807) is 23.1 Å². The SMILES string of the molecule is CN1C(=O)c2ccc(/N=C3/C(=O)N(c4ccccc4)c4ccccc43)cc2C1=O. The van der Waals surface area contributed by atoms with Gasteiger partial charge in [-0.15, -0.1) is 0 Å². The minimum absolute atomic E-state index is 0.239. The molecule has 0 bridgehead atoms. The van der Waals surface area contributed by atoms with Gasteiger partial charge in [-0.05, 0) is 36.4 Å². The molecule has 0 fully saturated rings. The minimum atomic E-state index is -0.365. The van der Waals surface area contributed by atoms with Gasteiger partial charge >= 0.3 is 0 Å². The maximum Gasteiger partial charge on any atom is 0.282 e. The Hall–Kier alpha value is -4.06. The normalized spacial score (nSPS) is 16.6. The molecule has 0 saturated heterocycles. The molecular weight excluding hydrogens is 366 g/mol. The van der Waals surface area contributed by atoms with Crippen molar-refractivity contribution in [2.24, 2.45) is 4.99 Å². The van der Waals surface area contributed by atoms with Crippen molar-refractivity contribution in [3.8, 4) is 0 Å². The molecule has 0 unspecified atom stereocenters. The van der Waals surface area contributed by atoms with Gasteiger partial charge in [0.2, 0.25) is 0 Å². The van der Waals surface area contributed by atoms with Crippen molar-refractivity contribution < 1.29 is 14.4 Å².